The van der Waals surface area contributed by atoms with Gasteiger partial charge in [0.05, 0.1) is 0 Å². The van der Waals surface area contributed by atoms with Gasteiger partial charge in [-0.25, -0.2) is 0 Å². The van der Waals surface area contributed by atoms with E-state index in [1.807, 2.05) is 18.2 Å². The lowest BCUT2D eigenvalue weighted by molar-refractivity contribution is 0.268. The van der Waals surface area contributed by atoms with Gasteiger partial charge in [0, 0.05) is 13.1 Å². The highest BCUT2D eigenvalue weighted by atomic mass is 16.4. The summed E-state index contributed by atoms with van der Waals surface area (Å²) < 4.78 is 0. The fourth-order valence-electron chi connectivity index (χ4n) is 2.08. The fraction of sp³-hybridized carbons (Fsp3) is 0.538. The predicted molar refractivity (Wildman–Crippen MR) is 69.9 cm³/mol. The van der Waals surface area contributed by atoms with E-state index in [0.29, 0.717) is 5.46 Å². The first-order valence-corrected chi connectivity index (χ1v) is 6.36. The molecular formula is C13H20BNO2. The topological polar surface area (TPSA) is 43.7 Å². The van der Waals surface area contributed by atoms with Gasteiger partial charge in [-0.2, -0.15) is 0 Å². The third-order valence-corrected chi connectivity index (χ3v) is 3.32. The second kappa shape index (κ2) is 5.67. The Hall–Kier alpha value is -0.835. The Kier molecular flexibility index (Phi) is 4.21. The lowest BCUT2D eigenvalue weighted by Crippen LogP contribution is -2.31. The molecule has 4 heteroatoms. The Morgan fingerprint density at radius 3 is 2.71 bits per heavy atom. The number of nitrogens with zero attached hydrogens (tertiary/aromatic N) is 1. The molecule has 2 N–H and O–H groups in total. The maximum absolute atomic E-state index is 9.14. The van der Waals surface area contributed by atoms with E-state index in [2.05, 4.69) is 11.8 Å². The van der Waals surface area contributed by atoms with Crippen LogP contribution in [0.1, 0.15) is 25.3 Å². The molecule has 0 aliphatic heterocycles. The van der Waals surface area contributed by atoms with Crippen molar-refractivity contribution in [1.29, 1.82) is 0 Å². The smallest absolute Gasteiger partial charge is 0.423 e. The Morgan fingerprint density at radius 1 is 1.35 bits per heavy atom. The molecule has 3 nitrogen and oxygen atoms in total. The van der Waals surface area contributed by atoms with Gasteiger partial charge < -0.3 is 10.0 Å². The molecule has 0 unspecified atom stereocenters. The molecule has 0 spiro atoms. The molecule has 0 saturated heterocycles. The van der Waals surface area contributed by atoms with Crippen LogP contribution in [0.4, 0.5) is 0 Å². The highest BCUT2D eigenvalue weighted by molar-refractivity contribution is 6.58. The van der Waals surface area contributed by atoms with Gasteiger partial charge in [0.25, 0.3) is 0 Å². The summed E-state index contributed by atoms with van der Waals surface area (Å²) >= 11 is 0. The highest BCUT2D eigenvalue weighted by Gasteiger charge is 2.23. The van der Waals surface area contributed by atoms with Gasteiger partial charge in [-0.1, -0.05) is 31.2 Å². The minimum Gasteiger partial charge on any atom is -0.423 e. The Balaban J connectivity index is 1.97. The molecule has 1 fully saturated rings. The van der Waals surface area contributed by atoms with E-state index in [-0.39, 0.29) is 0 Å². The van der Waals surface area contributed by atoms with Gasteiger partial charge in [0.15, 0.2) is 0 Å². The molecule has 0 radical (unpaired) electrons. The molecule has 17 heavy (non-hydrogen) atoms. The molecule has 0 heterocycles. The van der Waals surface area contributed by atoms with E-state index in [9.17, 15) is 0 Å². The molecule has 1 aliphatic carbocycles. The van der Waals surface area contributed by atoms with Crippen LogP contribution in [-0.4, -0.2) is 35.2 Å². The normalized spacial score (nSPS) is 15.3. The van der Waals surface area contributed by atoms with E-state index in [4.69, 9.17) is 10.0 Å². The summed E-state index contributed by atoms with van der Waals surface area (Å²) in [6, 6.07) is 7.54. The highest BCUT2D eigenvalue weighted by Crippen LogP contribution is 2.29. The SMILES string of the molecule is CCN(Cc1cccc(B(O)O)c1)CC1CC1. The molecule has 0 amide bonds. The number of hydrogen-bond donors (Lipinski definition) is 2. The third kappa shape index (κ3) is 3.84. The molecule has 1 aliphatic rings. The zero-order chi connectivity index (χ0) is 12.3. The Morgan fingerprint density at radius 2 is 2.12 bits per heavy atom. The van der Waals surface area contributed by atoms with E-state index >= 15 is 0 Å². The molecule has 0 atom stereocenters. The van der Waals surface area contributed by atoms with Crippen molar-refractivity contribution in [1.82, 2.24) is 4.90 Å². The zero-order valence-corrected chi connectivity index (χ0v) is 10.3. The van der Waals surface area contributed by atoms with Crippen LogP contribution in [0.2, 0.25) is 0 Å². The quantitative estimate of drug-likeness (QED) is 0.707. The van der Waals surface area contributed by atoms with Crippen LogP contribution in [0.3, 0.4) is 0 Å². The first-order valence-electron chi connectivity index (χ1n) is 6.36. The molecule has 92 valence electrons. The van der Waals surface area contributed by atoms with Crippen LogP contribution >= 0.6 is 0 Å². The minimum atomic E-state index is -1.37. The minimum absolute atomic E-state index is 0.574. The Bertz CT molecular complexity index is 366. The Labute approximate surface area is 103 Å². The summed E-state index contributed by atoms with van der Waals surface area (Å²) in [6.07, 6.45) is 2.73. The van der Waals surface area contributed by atoms with Crippen molar-refractivity contribution in [2.75, 3.05) is 13.1 Å². The van der Waals surface area contributed by atoms with Crippen molar-refractivity contribution in [3.8, 4) is 0 Å². The van der Waals surface area contributed by atoms with Crippen molar-refractivity contribution < 1.29 is 10.0 Å². The van der Waals surface area contributed by atoms with Gasteiger partial charge in [-0.3, -0.25) is 4.90 Å². The molecule has 1 saturated carbocycles. The van der Waals surface area contributed by atoms with Gasteiger partial charge in [0.1, 0.15) is 0 Å². The molecule has 2 rings (SSSR count). The molecule has 1 aromatic rings. The van der Waals surface area contributed by atoms with Crippen molar-refractivity contribution in [2.45, 2.75) is 26.3 Å². The maximum Gasteiger partial charge on any atom is 0.488 e. The van der Waals surface area contributed by atoms with E-state index in [1.165, 1.54) is 19.4 Å². The largest absolute Gasteiger partial charge is 0.488 e. The van der Waals surface area contributed by atoms with Crippen LogP contribution in [0, 0.1) is 5.92 Å². The first kappa shape index (κ1) is 12.6. The van der Waals surface area contributed by atoms with Gasteiger partial charge in [-0.05, 0) is 36.3 Å². The van der Waals surface area contributed by atoms with Gasteiger partial charge in [0.2, 0.25) is 0 Å². The van der Waals surface area contributed by atoms with Crippen molar-refractivity contribution in [3.63, 3.8) is 0 Å². The fourth-order valence-corrected chi connectivity index (χ4v) is 2.08. The van der Waals surface area contributed by atoms with Crippen LogP contribution in [0.15, 0.2) is 24.3 Å². The van der Waals surface area contributed by atoms with Crippen molar-refractivity contribution >= 4 is 12.6 Å². The van der Waals surface area contributed by atoms with Crippen LogP contribution in [0.5, 0.6) is 0 Å². The van der Waals surface area contributed by atoms with Crippen molar-refractivity contribution in [3.05, 3.63) is 29.8 Å². The third-order valence-electron chi connectivity index (χ3n) is 3.32. The summed E-state index contributed by atoms with van der Waals surface area (Å²) in [5, 5.41) is 18.3. The average molecular weight is 233 g/mol. The second-order valence-electron chi connectivity index (χ2n) is 4.89. The average Bonchev–Trinajstić information content (AvgIpc) is 3.12. The summed E-state index contributed by atoms with van der Waals surface area (Å²) in [5.41, 5.74) is 1.73. The van der Waals surface area contributed by atoms with Crippen LogP contribution in [0.25, 0.3) is 0 Å². The van der Waals surface area contributed by atoms with Gasteiger partial charge >= 0.3 is 7.12 Å². The summed E-state index contributed by atoms with van der Waals surface area (Å²) in [5.74, 6) is 0.890. The lowest BCUT2D eigenvalue weighted by atomic mass is 9.79. The van der Waals surface area contributed by atoms with E-state index in [1.54, 1.807) is 6.07 Å². The van der Waals surface area contributed by atoms with Crippen molar-refractivity contribution in [2.24, 2.45) is 5.92 Å². The number of hydrogen-bond acceptors (Lipinski definition) is 3. The standard InChI is InChI=1S/C13H20BNO2/c1-2-15(9-11-6-7-11)10-12-4-3-5-13(8-12)14(16)17/h3-5,8,11,16-17H,2,6-7,9-10H2,1H3. The first-order chi connectivity index (χ1) is 8.19. The molecular weight excluding hydrogens is 213 g/mol. The van der Waals surface area contributed by atoms with E-state index < -0.39 is 7.12 Å². The number of rotatable bonds is 6. The molecule has 0 aromatic heterocycles. The predicted octanol–water partition coefficient (Wildman–Crippen LogP) is 0.598. The van der Waals surface area contributed by atoms with Crippen LogP contribution in [-0.2, 0) is 6.54 Å². The van der Waals surface area contributed by atoms with E-state index in [0.717, 1.165) is 24.6 Å². The molecule has 1 aromatic carbocycles. The second-order valence-corrected chi connectivity index (χ2v) is 4.89. The molecule has 0 bridgehead atoms. The summed E-state index contributed by atoms with van der Waals surface area (Å²) in [4.78, 5) is 2.42. The lowest BCUT2D eigenvalue weighted by Gasteiger charge is -2.20. The van der Waals surface area contributed by atoms with Gasteiger partial charge in [-0.15, -0.1) is 0 Å². The monoisotopic (exact) mass is 233 g/mol. The van der Waals surface area contributed by atoms with Crippen LogP contribution < -0.4 is 5.46 Å². The number of benzene rings is 1. The maximum atomic E-state index is 9.14. The zero-order valence-electron chi connectivity index (χ0n) is 10.3. The summed E-state index contributed by atoms with van der Waals surface area (Å²) in [6.45, 7) is 5.28. The summed E-state index contributed by atoms with van der Waals surface area (Å²) in [7, 11) is -1.37.